The second-order valence-electron chi connectivity index (χ2n) is 8.15. The van der Waals surface area contributed by atoms with E-state index in [2.05, 4.69) is 4.90 Å². The number of piperazine rings is 1. The molecule has 176 valence electrons. The van der Waals surface area contributed by atoms with Gasteiger partial charge in [0.05, 0.1) is 10.5 Å². The molecule has 0 saturated carbocycles. The zero-order chi connectivity index (χ0) is 24.3. The molecule has 1 aliphatic heterocycles. The number of hydrogen-bond acceptors (Lipinski definition) is 4. The Labute approximate surface area is 194 Å². The first kappa shape index (κ1) is 23.4. The Morgan fingerprint density at radius 3 is 2.12 bits per heavy atom. The summed E-state index contributed by atoms with van der Waals surface area (Å²) in [6.45, 7) is 2.79. The van der Waals surface area contributed by atoms with Crippen LogP contribution in [0, 0.1) is 10.1 Å². The molecule has 34 heavy (non-hydrogen) atoms. The van der Waals surface area contributed by atoms with Gasteiger partial charge in [-0.1, -0.05) is 24.3 Å². The van der Waals surface area contributed by atoms with Gasteiger partial charge in [0.15, 0.2) is 0 Å². The summed E-state index contributed by atoms with van der Waals surface area (Å²) in [5.41, 5.74) is 2.24. The molecule has 0 unspecified atom stereocenters. The summed E-state index contributed by atoms with van der Waals surface area (Å²) < 4.78 is 38.2. The maximum absolute atomic E-state index is 13.0. The number of benzene rings is 3. The lowest BCUT2D eigenvalue weighted by molar-refractivity contribution is -0.384. The molecule has 0 spiro atoms. The van der Waals surface area contributed by atoms with Crippen LogP contribution < -0.4 is 0 Å². The van der Waals surface area contributed by atoms with Gasteiger partial charge in [0.1, 0.15) is 0 Å². The number of nitro benzene ring substituents is 1. The quantitative estimate of drug-likeness (QED) is 0.379. The van der Waals surface area contributed by atoms with Gasteiger partial charge >= 0.3 is 6.18 Å². The summed E-state index contributed by atoms with van der Waals surface area (Å²) in [4.78, 5) is 27.3. The number of carbonyl (C=O) groups excluding carboxylic acids is 1. The number of amides is 1. The summed E-state index contributed by atoms with van der Waals surface area (Å²) in [5, 5.41) is 10.9. The molecule has 4 rings (SSSR count). The van der Waals surface area contributed by atoms with Crippen LogP contribution in [0.2, 0.25) is 0 Å². The Bertz CT molecular complexity index is 1170. The van der Waals surface area contributed by atoms with E-state index in [1.165, 1.54) is 24.3 Å². The number of nitro groups is 1. The zero-order valence-electron chi connectivity index (χ0n) is 18.2. The maximum Gasteiger partial charge on any atom is 0.416 e. The molecule has 1 heterocycles. The van der Waals surface area contributed by atoms with Crippen LogP contribution in [-0.4, -0.2) is 46.8 Å². The minimum atomic E-state index is -4.35. The molecule has 0 atom stereocenters. The van der Waals surface area contributed by atoms with Crippen molar-refractivity contribution >= 4 is 11.6 Å². The third kappa shape index (κ3) is 5.43. The number of alkyl halides is 3. The lowest BCUT2D eigenvalue weighted by atomic mass is 10.0. The van der Waals surface area contributed by atoms with E-state index in [1.807, 2.05) is 6.07 Å². The SMILES string of the molecule is O=C(c1cccc(-c2ccc([N+](=O)[O-])cc2)c1)N1CCN(Cc2ccc(C(F)(F)F)cc2)CC1. The molecular weight excluding hydrogens is 447 g/mol. The minimum absolute atomic E-state index is 0.00477. The fraction of sp³-hybridized carbons (Fsp3) is 0.240. The second-order valence-corrected chi connectivity index (χ2v) is 8.15. The summed E-state index contributed by atoms with van der Waals surface area (Å²) in [7, 11) is 0. The number of carbonyl (C=O) groups is 1. The third-order valence-electron chi connectivity index (χ3n) is 5.87. The molecule has 1 fully saturated rings. The predicted molar refractivity (Wildman–Crippen MR) is 121 cm³/mol. The molecule has 1 aliphatic rings. The van der Waals surface area contributed by atoms with E-state index in [0.717, 1.165) is 28.8 Å². The van der Waals surface area contributed by atoms with Gasteiger partial charge in [-0.05, 0) is 53.1 Å². The highest BCUT2D eigenvalue weighted by Gasteiger charge is 2.30. The van der Waals surface area contributed by atoms with Crippen LogP contribution in [0.15, 0.2) is 72.8 Å². The average Bonchev–Trinajstić information content (AvgIpc) is 2.84. The van der Waals surface area contributed by atoms with Crippen molar-refractivity contribution < 1.29 is 22.9 Å². The van der Waals surface area contributed by atoms with Crippen LogP contribution in [0.1, 0.15) is 21.5 Å². The number of hydrogen-bond donors (Lipinski definition) is 0. The molecule has 0 radical (unpaired) electrons. The molecule has 9 heteroatoms. The number of nitrogens with zero attached hydrogens (tertiary/aromatic N) is 3. The van der Waals surface area contributed by atoms with Gasteiger partial charge in [-0.15, -0.1) is 0 Å². The molecule has 3 aromatic carbocycles. The van der Waals surface area contributed by atoms with E-state index >= 15 is 0 Å². The van der Waals surface area contributed by atoms with E-state index in [1.54, 1.807) is 35.2 Å². The van der Waals surface area contributed by atoms with E-state index < -0.39 is 16.7 Å². The zero-order valence-corrected chi connectivity index (χ0v) is 18.2. The molecule has 0 aliphatic carbocycles. The first-order chi connectivity index (χ1) is 16.2. The van der Waals surface area contributed by atoms with E-state index in [-0.39, 0.29) is 11.6 Å². The van der Waals surface area contributed by atoms with Crippen LogP contribution in [0.4, 0.5) is 18.9 Å². The Kier molecular flexibility index (Phi) is 6.65. The monoisotopic (exact) mass is 469 g/mol. The number of halogens is 3. The standard InChI is InChI=1S/C25H22F3N3O3/c26-25(27,28)22-8-4-18(5-9-22)17-29-12-14-30(15-13-29)24(32)21-3-1-2-20(16-21)19-6-10-23(11-7-19)31(33)34/h1-11,16H,12-15,17H2. The van der Waals surface area contributed by atoms with Gasteiger partial charge in [-0.3, -0.25) is 19.8 Å². The van der Waals surface area contributed by atoms with Crippen molar-refractivity contribution in [3.63, 3.8) is 0 Å². The fourth-order valence-corrected chi connectivity index (χ4v) is 3.96. The summed E-state index contributed by atoms with van der Waals surface area (Å²) in [6.07, 6.45) is -4.35. The van der Waals surface area contributed by atoms with Gasteiger partial charge in [0.25, 0.3) is 11.6 Å². The topological polar surface area (TPSA) is 66.7 Å². The Morgan fingerprint density at radius 2 is 1.53 bits per heavy atom. The van der Waals surface area contributed by atoms with Crippen molar-refractivity contribution in [3.05, 3.63) is 99.6 Å². The van der Waals surface area contributed by atoms with Gasteiger partial charge < -0.3 is 4.90 Å². The highest BCUT2D eigenvalue weighted by molar-refractivity contribution is 5.95. The first-order valence-corrected chi connectivity index (χ1v) is 10.7. The largest absolute Gasteiger partial charge is 0.416 e. The highest BCUT2D eigenvalue weighted by atomic mass is 19.4. The first-order valence-electron chi connectivity index (χ1n) is 10.7. The van der Waals surface area contributed by atoms with Crippen LogP contribution in [-0.2, 0) is 12.7 Å². The molecule has 0 bridgehead atoms. The molecule has 1 amide bonds. The molecular formula is C25H22F3N3O3. The van der Waals surface area contributed by atoms with Crippen molar-refractivity contribution in [2.24, 2.45) is 0 Å². The number of non-ortho nitro benzene ring substituents is 1. The lowest BCUT2D eigenvalue weighted by Gasteiger charge is -2.35. The van der Waals surface area contributed by atoms with Crippen molar-refractivity contribution in [2.45, 2.75) is 12.7 Å². The molecule has 0 aromatic heterocycles. The molecule has 6 nitrogen and oxygen atoms in total. The Hall–Kier alpha value is -3.72. The van der Waals surface area contributed by atoms with Crippen LogP contribution in [0.5, 0.6) is 0 Å². The van der Waals surface area contributed by atoms with Crippen LogP contribution >= 0.6 is 0 Å². The Balaban J connectivity index is 1.36. The molecule has 3 aromatic rings. The highest BCUT2D eigenvalue weighted by Crippen LogP contribution is 2.29. The van der Waals surface area contributed by atoms with Gasteiger partial charge in [-0.2, -0.15) is 13.2 Å². The second kappa shape index (κ2) is 9.64. The number of rotatable bonds is 5. The van der Waals surface area contributed by atoms with E-state index in [0.29, 0.717) is 38.3 Å². The average molecular weight is 469 g/mol. The van der Waals surface area contributed by atoms with Crippen molar-refractivity contribution in [1.29, 1.82) is 0 Å². The smallest absolute Gasteiger partial charge is 0.336 e. The van der Waals surface area contributed by atoms with Crippen molar-refractivity contribution in [3.8, 4) is 11.1 Å². The third-order valence-corrected chi connectivity index (χ3v) is 5.87. The summed E-state index contributed by atoms with van der Waals surface area (Å²) in [6, 6.07) is 18.5. The van der Waals surface area contributed by atoms with Gasteiger partial charge in [0.2, 0.25) is 0 Å². The van der Waals surface area contributed by atoms with Gasteiger partial charge in [0, 0.05) is 50.4 Å². The summed E-state index contributed by atoms with van der Waals surface area (Å²) >= 11 is 0. The summed E-state index contributed by atoms with van der Waals surface area (Å²) in [5.74, 6) is -0.0991. The van der Waals surface area contributed by atoms with Crippen LogP contribution in [0.3, 0.4) is 0 Å². The van der Waals surface area contributed by atoms with E-state index in [9.17, 15) is 28.1 Å². The normalized spacial score (nSPS) is 14.7. The van der Waals surface area contributed by atoms with Crippen molar-refractivity contribution in [2.75, 3.05) is 26.2 Å². The molecule has 0 N–H and O–H groups in total. The minimum Gasteiger partial charge on any atom is -0.336 e. The lowest BCUT2D eigenvalue weighted by Crippen LogP contribution is -2.48. The Morgan fingerprint density at radius 1 is 0.882 bits per heavy atom. The van der Waals surface area contributed by atoms with Gasteiger partial charge in [-0.25, -0.2) is 0 Å². The predicted octanol–water partition coefficient (Wildman–Crippen LogP) is 5.24. The maximum atomic E-state index is 13.0. The van der Waals surface area contributed by atoms with Crippen molar-refractivity contribution in [1.82, 2.24) is 9.80 Å². The van der Waals surface area contributed by atoms with Crippen LogP contribution in [0.25, 0.3) is 11.1 Å². The van der Waals surface area contributed by atoms with E-state index in [4.69, 9.17) is 0 Å². The fourth-order valence-electron chi connectivity index (χ4n) is 3.96. The molecule has 1 saturated heterocycles.